The summed E-state index contributed by atoms with van der Waals surface area (Å²) in [6.07, 6.45) is 5.27. The summed E-state index contributed by atoms with van der Waals surface area (Å²) in [6.45, 7) is 7.15. The number of pyridine rings is 1. The first-order valence-electron chi connectivity index (χ1n) is 8.40. The van der Waals surface area contributed by atoms with Crippen molar-refractivity contribution in [2.24, 2.45) is 0 Å². The lowest BCUT2D eigenvalue weighted by molar-refractivity contribution is -0.129. The second-order valence-corrected chi connectivity index (χ2v) is 6.20. The maximum absolute atomic E-state index is 11.7. The predicted octanol–water partition coefficient (Wildman–Crippen LogP) is 2.65. The van der Waals surface area contributed by atoms with Crippen molar-refractivity contribution in [1.29, 1.82) is 0 Å². The van der Waals surface area contributed by atoms with Crippen LogP contribution in [-0.2, 0) is 17.8 Å². The molecule has 24 heavy (non-hydrogen) atoms. The van der Waals surface area contributed by atoms with Crippen LogP contribution < -0.4 is 5.32 Å². The van der Waals surface area contributed by atoms with Crippen molar-refractivity contribution in [2.45, 2.75) is 46.2 Å². The fourth-order valence-electron chi connectivity index (χ4n) is 2.78. The number of hydrogen-bond acceptors (Lipinski definition) is 5. The summed E-state index contributed by atoms with van der Waals surface area (Å²) in [5.74, 6) is 1.65. The topological polar surface area (TPSA) is 71.0 Å². The molecule has 0 fully saturated rings. The van der Waals surface area contributed by atoms with E-state index in [4.69, 9.17) is 9.97 Å². The van der Waals surface area contributed by atoms with Crippen LogP contribution in [0.2, 0.25) is 0 Å². The molecule has 126 valence electrons. The number of nitrogens with zero attached hydrogens (tertiary/aromatic N) is 4. The van der Waals surface area contributed by atoms with Gasteiger partial charge in [0, 0.05) is 43.0 Å². The molecule has 0 aromatic carbocycles. The van der Waals surface area contributed by atoms with Gasteiger partial charge in [-0.25, -0.2) is 9.97 Å². The Balaban J connectivity index is 2.04. The minimum Gasteiger partial charge on any atom is -0.367 e. The molecular weight excluding hydrogens is 302 g/mol. The molecule has 1 aliphatic heterocycles. The third kappa shape index (κ3) is 3.37. The van der Waals surface area contributed by atoms with Gasteiger partial charge in [-0.05, 0) is 31.9 Å². The number of hydrogen-bond donors (Lipinski definition) is 1. The predicted molar refractivity (Wildman–Crippen MR) is 93.4 cm³/mol. The summed E-state index contributed by atoms with van der Waals surface area (Å²) in [4.78, 5) is 27.1. The van der Waals surface area contributed by atoms with Gasteiger partial charge >= 0.3 is 0 Å². The van der Waals surface area contributed by atoms with E-state index in [0.717, 1.165) is 42.0 Å². The molecule has 0 bridgehead atoms. The number of nitrogens with one attached hydrogen (secondary N) is 1. The highest BCUT2D eigenvalue weighted by Crippen LogP contribution is 2.27. The van der Waals surface area contributed by atoms with Gasteiger partial charge in [-0.15, -0.1) is 0 Å². The quantitative estimate of drug-likeness (QED) is 0.936. The Morgan fingerprint density at radius 3 is 2.75 bits per heavy atom. The molecule has 0 radical (unpaired) electrons. The summed E-state index contributed by atoms with van der Waals surface area (Å²) < 4.78 is 0. The number of carbonyl (C=O) groups is 1. The lowest BCUT2D eigenvalue weighted by Gasteiger charge is -2.29. The van der Waals surface area contributed by atoms with Gasteiger partial charge < -0.3 is 10.2 Å². The first-order valence-corrected chi connectivity index (χ1v) is 8.40. The molecule has 0 spiro atoms. The van der Waals surface area contributed by atoms with Crippen LogP contribution in [0.25, 0.3) is 11.4 Å². The number of amides is 1. The van der Waals surface area contributed by atoms with Gasteiger partial charge in [0.2, 0.25) is 5.91 Å². The molecule has 6 nitrogen and oxygen atoms in total. The molecule has 3 heterocycles. The van der Waals surface area contributed by atoms with E-state index in [2.05, 4.69) is 24.1 Å². The van der Waals surface area contributed by atoms with Crippen molar-refractivity contribution in [2.75, 3.05) is 11.9 Å². The van der Waals surface area contributed by atoms with E-state index in [1.54, 1.807) is 19.3 Å². The molecule has 0 saturated carbocycles. The number of rotatable bonds is 4. The highest BCUT2D eigenvalue weighted by Gasteiger charge is 2.24. The van der Waals surface area contributed by atoms with E-state index in [0.29, 0.717) is 18.4 Å². The Kier molecular flexibility index (Phi) is 4.74. The first-order chi connectivity index (χ1) is 11.6. The number of anilines is 1. The number of aromatic nitrogens is 3. The Hall–Kier alpha value is -2.50. The second-order valence-electron chi connectivity index (χ2n) is 6.20. The fourth-order valence-corrected chi connectivity index (χ4v) is 2.78. The van der Waals surface area contributed by atoms with Crippen molar-refractivity contribution in [1.82, 2.24) is 19.9 Å². The molecule has 0 saturated heterocycles. The van der Waals surface area contributed by atoms with Crippen molar-refractivity contribution >= 4 is 11.7 Å². The molecule has 1 N–H and O–H groups in total. The van der Waals surface area contributed by atoms with Crippen LogP contribution in [0.1, 0.15) is 38.4 Å². The fraction of sp³-hybridized carbons (Fsp3) is 0.444. The summed E-state index contributed by atoms with van der Waals surface area (Å²) in [5, 5.41) is 3.50. The third-order valence-corrected chi connectivity index (χ3v) is 4.44. The van der Waals surface area contributed by atoms with Crippen molar-refractivity contribution in [3.63, 3.8) is 0 Å². The van der Waals surface area contributed by atoms with Crippen LogP contribution >= 0.6 is 0 Å². The van der Waals surface area contributed by atoms with Crippen LogP contribution in [0, 0.1) is 0 Å². The molecule has 1 amide bonds. The Labute approximate surface area is 142 Å². The van der Waals surface area contributed by atoms with Gasteiger partial charge in [-0.3, -0.25) is 9.78 Å². The zero-order valence-electron chi connectivity index (χ0n) is 14.4. The molecule has 1 unspecified atom stereocenters. The summed E-state index contributed by atoms with van der Waals surface area (Å²) in [6, 6.07) is 4.14. The minimum absolute atomic E-state index is 0.0844. The first kappa shape index (κ1) is 16.4. The van der Waals surface area contributed by atoms with E-state index in [-0.39, 0.29) is 5.91 Å². The van der Waals surface area contributed by atoms with E-state index in [1.807, 2.05) is 17.0 Å². The zero-order valence-corrected chi connectivity index (χ0v) is 14.4. The molecule has 6 heteroatoms. The Bertz CT molecular complexity index is 732. The van der Waals surface area contributed by atoms with E-state index in [1.165, 1.54) is 0 Å². The van der Waals surface area contributed by atoms with Gasteiger partial charge in [-0.1, -0.05) is 6.92 Å². The van der Waals surface area contributed by atoms with Gasteiger partial charge in [0.15, 0.2) is 5.82 Å². The van der Waals surface area contributed by atoms with Gasteiger partial charge in [0.1, 0.15) is 5.82 Å². The standard InChI is InChI=1S/C18H23N5O/c1-4-12(2)20-18-15-7-10-23(13(3)24)11-16(15)21-17(22-18)14-5-8-19-9-6-14/h5-6,8-9,12H,4,7,10-11H2,1-3H3,(H,20,21,22). The summed E-state index contributed by atoms with van der Waals surface area (Å²) in [7, 11) is 0. The SMILES string of the molecule is CCC(C)Nc1nc(-c2ccncc2)nc2c1CCN(C(C)=O)C2. The van der Waals surface area contributed by atoms with Crippen LogP contribution in [-0.4, -0.2) is 38.3 Å². The largest absolute Gasteiger partial charge is 0.367 e. The minimum atomic E-state index is 0.0844. The summed E-state index contributed by atoms with van der Waals surface area (Å²) in [5.41, 5.74) is 3.00. The van der Waals surface area contributed by atoms with Gasteiger partial charge in [0.05, 0.1) is 12.2 Å². The lowest BCUT2D eigenvalue weighted by atomic mass is 10.0. The Morgan fingerprint density at radius 1 is 1.33 bits per heavy atom. The van der Waals surface area contributed by atoms with Gasteiger partial charge in [-0.2, -0.15) is 0 Å². The highest BCUT2D eigenvalue weighted by molar-refractivity contribution is 5.74. The molecule has 2 aromatic heterocycles. The van der Waals surface area contributed by atoms with Crippen LogP contribution in [0.15, 0.2) is 24.5 Å². The normalized spacial score (nSPS) is 14.9. The van der Waals surface area contributed by atoms with Crippen LogP contribution in [0.3, 0.4) is 0 Å². The molecule has 2 aromatic rings. The molecule has 1 aliphatic rings. The van der Waals surface area contributed by atoms with Gasteiger partial charge in [0.25, 0.3) is 0 Å². The third-order valence-electron chi connectivity index (χ3n) is 4.44. The van der Waals surface area contributed by atoms with Crippen molar-refractivity contribution in [3.05, 3.63) is 35.8 Å². The Morgan fingerprint density at radius 2 is 2.08 bits per heavy atom. The maximum Gasteiger partial charge on any atom is 0.219 e. The van der Waals surface area contributed by atoms with Crippen molar-refractivity contribution < 1.29 is 4.79 Å². The van der Waals surface area contributed by atoms with E-state index in [9.17, 15) is 4.79 Å². The monoisotopic (exact) mass is 325 g/mol. The molecular formula is C18H23N5O. The van der Waals surface area contributed by atoms with Crippen molar-refractivity contribution in [3.8, 4) is 11.4 Å². The average molecular weight is 325 g/mol. The van der Waals surface area contributed by atoms with Crippen LogP contribution in [0.4, 0.5) is 5.82 Å². The second kappa shape index (κ2) is 6.95. The lowest BCUT2D eigenvalue weighted by Crippen LogP contribution is -2.35. The zero-order chi connectivity index (χ0) is 17.1. The average Bonchev–Trinajstić information content (AvgIpc) is 2.61. The van der Waals surface area contributed by atoms with E-state index >= 15 is 0 Å². The van der Waals surface area contributed by atoms with E-state index < -0.39 is 0 Å². The molecule has 3 rings (SSSR count). The molecule has 0 aliphatic carbocycles. The maximum atomic E-state index is 11.7. The molecule has 1 atom stereocenters. The number of fused-ring (bicyclic) bond motifs is 1. The number of carbonyl (C=O) groups excluding carboxylic acids is 1. The smallest absolute Gasteiger partial charge is 0.219 e. The summed E-state index contributed by atoms with van der Waals surface area (Å²) >= 11 is 0. The van der Waals surface area contributed by atoms with Crippen LogP contribution in [0.5, 0.6) is 0 Å². The highest BCUT2D eigenvalue weighted by atomic mass is 16.2.